The molecular weight excluding hydrogens is 152 g/mol. The van der Waals surface area contributed by atoms with Gasteiger partial charge in [-0.25, -0.2) is 4.21 Å². The summed E-state index contributed by atoms with van der Waals surface area (Å²) in [6, 6.07) is 0. The minimum absolute atomic E-state index is 0.545. The highest BCUT2D eigenvalue weighted by molar-refractivity contribution is 7.92. The van der Waals surface area contributed by atoms with Crippen molar-refractivity contribution < 1.29 is 12.6 Å². The third kappa shape index (κ3) is 1.97. The molecule has 1 fully saturated rings. The summed E-state index contributed by atoms with van der Waals surface area (Å²) in [7, 11) is -2.49. The van der Waals surface area contributed by atoms with Crippen molar-refractivity contribution in [1.29, 1.82) is 0 Å². The van der Waals surface area contributed by atoms with Crippen molar-refractivity contribution in [2.24, 2.45) is 0 Å². The summed E-state index contributed by atoms with van der Waals surface area (Å²) >= 11 is 0. The fourth-order valence-electron chi connectivity index (χ4n) is 0.724. The van der Waals surface area contributed by atoms with Crippen LogP contribution in [-0.4, -0.2) is 22.8 Å². The molecule has 1 rings (SSSR count). The van der Waals surface area contributed by atoms with Crippen molar-refractivity contribution >= 4 is 15.5 Å². The highest BCUT2D eigenvalue weighted by Crippen LogP contribution is 2.06. The molecule has 0 unspecified atom stereocenters. The van der Waals surface area contributed by atoms with Crippen LogP contribution in [0.5, 0.6) is 0 Å². The Bertz CT molecular complexity index is 189. The van der Waals surface area contributed by atoms with Gasteiger partial charge in [0.2, 0.25) is 10.1 Å². The lowest BCUT2D eigenvalue weighted by molar-refractivity contribution is 0.286. The Morgan fingerprint density at radius 2 is 1.80 bits per heavy atom. The minimum atomic E-state index is -2.49. The van der Waals surface area contributed by atoms with Gasteiger partial charge in [-0.15, -0.1) is 0 Å². The molecule has 3 nitrogen and oxygen atoms in total. The van der Waals surface area contributed by atoms with Crippen LogP contribution in [0.1, 0.15) is 19.8 Å². The summed E-state index contributed by atoms with van der Waals surface area (Å²) in [5, 5.41) is 1.48. The Kier molecular flexibility index (Phi) is 2.71. The maximum Gasteiger partial charge on any atom is 0.200 e. The Hall–Kier alpha value is -0.0600. The molecule has 10 heavy (non-hydrogen) atoms. The second-order valence-electron chi connectivity index (χ2n) is 2.08. The van der Waals surface area contributed by atoms with Crippen LogP contribution < -0.4 is 0 Å². The van der Waals surface area contributed by atoms with Crippen LogP contribution in [-0.2, 0) is 18.4 Å². The first kappa shape index (κ1) is 8.04. The Morgan fingerprint density at radius 1 is 1.30 bits per heavy atom. The highest BCUT2D eigenvalue weighted by Gasteiger charge is 2.09. The molecule has 0 aromatic rings. The van der Waals surface area contributed by atoms with Gasteiger partial charge in [0.05, 0.1) is 13.2 Å². The maximum atomic E-state index is 11.3. The van der Waals surface area contributed by atoms with E-state index in [2.05, 4.69) is 0 Å². The minimum Gasteiger partial charge on any atom is -0.278 e. The molecule has 0 N–H and O–H groups in total. The Balaban J connectivity index is 2.68. The molecule has 0 amide bonds. The van der Waals surface area contributed by atoms with E-state index in [1.807, 2.05) is 0 Å². The smallest absolute Gasteiger partial charge is 0.200 e. The van der Waals surface area contributed by atoms with Crippen molar-refractivity contribution in [3.63, 3.8) is 0 Å². The van der Waals surface area contributed by atoms with E-state index in [0.29, 0.717) is 13.2 Å². The lowest BCUT2D eigenvalue weighted by atomic mass is 10.3. The van der Waals surface area contributed by atoms with Crippen LogP contribution in [0.15, 0.2) is 0 Å². The second kappa shape index (κ2) is 3.37. The van der Waals surface area contributed by atoms with Gasteiger partial charge in [-0.1, -0.05) is 0 Å². The molecule has 1 aliphatic rings. The van der Waals surface area contributed by atoms with Gasteiger partial charge in [-0.2, -0.15) is 0 Å². The molecule has 0 radical (unpaired) electrons. The van der Waals surface area contributed by atoms with Crippen LogP contribution in [0.3, 0.4) is 0 Å². The SMILES string of the molecule is CC=S1(=O)OCCCCO1. The summed E-state index contributed by atoms with van der Waals surface area (Å²) in [6.07, 6.45) is 1.87. The van der Waals surface area contributed by atoms with E-state index in [0.717, 1.165) is 12.8 Å². The molecule has 60 valence electrons. The van der Waals surface area contributed by atoms with Gasteiger partial charge in [0.15, 0.2) is 0 Å². The van der Waals surface area contributed by atoms with E-state index < -0.39 is 10.1 Å². The average molecular weight is 164 g/mol. The fraction of sp³-hybridized carbons (Fsp3) is 0.833. The lowest BCUT2D eigenvalue weighted by Crippen LogP contribution is -2.09. The van der Waals surface area contributed by atoms with E-state index >= 15 is 0 Å². The number of hydrogen-bond acceptors (Lipinski definition) is 3. The van der Waals surface area contributed by atoms with Crippen molar-refractivity contribution in [3.8, 4) is 0 Å². The van der Waals surface area contributed by atoms with Gasteiger partial charge >= 0.3 is 0 Å². The van der Waals surface area contributed by atoms with E-state index in [9.17, 15) is 4.21 Å². The molecule has 4 heteroatoms. The predicted octanol–water partition coefficient (Wildman–Crippen LogP) is 0.750. The van der Waals surface area contributed by atoms with Crippen molar-refractivity contribution in [3.05, 3.63) is 0 Å². The van der Waals surface area contributed by atoms with Crippen molar-refractivity contribution in [1.82, 2.24) is 0 Å². The monoisotopic (exact) mass is 164 g/mol. The molecule has 0 aromatic carbocycles. The maximum absolute atomic E-state index is 11.3. The zero-order valence-electron chi connectivity index (χ0n) is 6.04. The summed E-state index contributed by atoms with van der Waals surface area (Å²) in [5.41, 5.74) is 0. The first-order valence-corrected chi connectivity index (χ1v) is 4.86. The lowest BCUT2D eigenvalue weighted by Gasteiger charge is -2.05. The first-order chi connectivity index (χ1) is 4.77. The zero-order valence-corrected chi connectivity index (χ0v) is 6.86. The van der Waals surface area contributed by atoms with Gasteiger partial charge < -0.3 is 0 Å². The van der Waals surface area contributed by atoms with E-state index in [4.69, 9.17) is 8.37 Å². The third-order valence-corrected chi connectivity index (χ3v) is 2.89. The standard InChI is InChI=1S/C6H12O3S/c1-2-10(7)8-5-3-4-6-9-10/h2H,3-6H2,1H3. The van der Waals surface area contributed by atoms with Crippen LogP contribution in [0.25, 0.3) is 0 Å². The largest absolute Gasteiger partial charge is 0.278 e. The molecule has 0 bridgehead atoms. The number of hydrogen-bond donors (Lipinski definition) is 0. The molecule has 0 aliphatic carbocycles. The normalized spacial score (nSPS) is 25.3. The van der Waals surface area contributed by atoms with E-state index in [1.54, 1.807) is 6.92 Å². The van der Waals surface area contributed by atoms with Crippen molar-refractivity contribution in [2.45, 2.75) is 19.8 Å². The van der Waals surface area contributed by atoms with Gasteiger partial charge in [-0.05, 0) is 19.8 Å². The number of rotatable bonds is 0. The predicted molar refractivity (Wildman–Crippen MR) is 41.0 cm³/mol. The molecule has 0 atom stereocenters. The highest BCUT2D eigenvalue weighted by atomic mass is 32.2. The van der Waals surface area contributed by atoms with E-state index in [-0.39, 0.29) is 0 Å². The average Bonchev–Trinajstić information content (AvgIpc) is 2.15. The first-order valence-electron chi connectivity index (χ1n) is 3.39. The molecule has 0 spiro atoms. The summed E-state index contributed by atoms with van der Waals surface area (Å²) < 4.78 is 21.3. The molecule has 1 saturated heterocycles. The third-order valence-electron chi connectivity index (χ3n) is 1.32. The van der Waals surface area contributed by atoms with Crippen LogP contribution in [0.2, 0.25) is 0 Å². The molecule has 1 heterocycles. The molecule has 0 aromatic heterocycles. The van der Waals surface area contributed by atoms with Crippen LogP contribution in [0, 0.1) is 0 Å². The van der Waals surface area contributed by atoms with Crippen molar-refractivity contribution in [2.75, 3.05) is 13.2 Å². The molecule has 0 saturated carbocycles. The zero-order chi connectivity index (χ0) is 7.45. The molecule has 1 aliphatic heterocycles. The quantitative estimate of drug-likeness (QED) is 0.496. The second-order valence-corrected chi connectivity index (χ2v) is 4.01. The van der Waals surface area contributed by atoms with Gasteiger partial charge in [-0.3, -0.25) is 8.37 Å². The summed E-state index contributed by atoms with van der Waals surface area (Å²) in [4.78, 5) is 0. The Morgan fingerprint density at radius 3 is 2.20 bits per heavy atom. The van der Waals surface area contributed by atoms with Crippen LogP contribution >= 0.6 is 0 Å². The topological polar surface area (TPSA) is 35.5 Å². The van der Waals surface area contributed by atoms with Gasteiger partial charge in [0, 0.05) is 5.37 Å². The molecular formula is C6H12O3S. The summed E-state index contributed by atoms with van der Waals surface area (Å²) in [6.45, 7) is 2.78. The fourth-order valence-corrected chi connectivity index (χ4v) is 1.76. The van der Waals surface area contributed by atoms with Gasteiger partial charge in [0.1, 0.15) is 0 Å². The van der Waals surface area contributed by atoms with Gasteiger partial charge in [0.25, 0.3) is 0 Å². The summed E-state index contributed by atoms with van der Waals surface area (Å²) in [5.74, 6) is 0. The Labute approximate surface area is 61.7 Å². The van der Waals surface area contributed by atoms with E-state index in [1.165, 1.54) is 5.37 Å². The van der Waals surface area contributed by atoms with Crippen LogP contribution in [0.4, 0.5) is 0 Å².